The molecule has 0 saturated carbocycles. The average molecular weight is 481 g/mol. The summed E-state index contributed by atoms with van der Waals surface area (Å²) in [6.45, 7) is 0. The second-order valence-electron chi connectivity index (χ2n) is 6.39. The van der Waals surface area contributed by atoms with Gasteiger partial charge in [-0.05, 0) is 53.3 Å². The Kier molecular flexibility index (Phi) is 5.43. The second kappa shape index (κ2) is 8.17. The molecule has 0 aliphatic carbocycles. The van der Waals surface area contributed by atoms with E-state index in [4.69, 9.17) is 17.0 Å². The fraction of sp³-hybridized carbons (Fsp3) is 0. The molecule has 0 bridgehead atoms. The molecule has 0 aromatic heterocycles. The number of rotatable bonds is 3. The molecule has 3 aromatic rings. The normalized spacial score (nSPS) is 13.6. The van der Waals surface area contributed by atoms with Gasteiger partial charge in [0, 0.05) is 10.0 Å². The van der Waals surface area contributed by atoms with Crippen LogP contribution in [0.5, 0.6) is 5.75 Å². The van der Waals surface area contributed by atoms with Gasteiger partial charge in [-0.2, -0.15) is 0 Å². The number of carbonyl (C=O) groups is 3. The van der Waals surface area contributed by atoms with Crippen LogP contribution in [0, 0.1) is 0 Å². The summed E-state index contributed by atoms with van der Waals surface area (Å²) < 4.78 is 6.32. The molecule has 148 valence electrons. The number of ether oxygens (including phenoxy) is 1. The van der Waals surface area contributed by atoms with E-state index < -0.39 is 17.8 Å². The molecule has 8 heteroatoms. The van der Waals surface area contributed by atoms with Crippen molar-refractivity contribution in [2.75, 3.05) is 0 Å². The highest BCUT2D eigenvalue weighted by atomic mass is 79.9. The fourth-order valence-corrected chi connectivity index (χ4v) is 3.61. The minimum Gasteiger partial charge on any atom is -0.422 e. The molecule has 1 heterocycles. The van der Waals surface area contributed by atoms with Crippen LogP contribution in [0.2, 0.25) is 0 Å². The van der Waals surface area contributed by atoms with E-state index in [0.29, 0.717) is 15.6 Å². The van der Waals surface area contributed by atoms with Crippen LogP contribution in [0.3, 0.4) is 0 Å². The Morgan fingerprint density at radius 1 is 0.967 bits per heavy atom. The van der Waals surface area contributed by atoms with E-state index in [-0.39, 0.29) is 16.4 Å². The van der Waals surface area contributed by atoms with Crippen LogP contribution in [-0.2, 0) is 9.59 Å². The van der Waals surface area contributed by atoms with Gasteiger partial charge < -0.3 is 4.74 Å². The lowest BCUT2D eigenvalue weighted by atomic mass is 10.0. The topological polar surface area (TPSA) is 84.5 Å². The van der Waals surface area contributed by atoms with E-state index >= 15 is 0 Å². The monoisotopic (exact) mass is 480 g/mol. The number of thiocarbonyl (C=S) groups is 1. The van der Waals surface area contributed by atoms with E-state index in [0.717, 1.165) is 10.8 Å². The number of halogens is 1. The maximum atomic E-state index is 12.9. The van der Waals surface area contributed by atoms with Gasteiger partial charge in [0.05, 0.1) is 5.56 Å². The molecule has 2 amide bonds. The molecule has 0 spiro atoms. The van der Waals surface area contributed by atoms with Gasteiger partial charge in [0.1, 0.15) is 11.3 Å². The van der Waals surface area contributed by atoms with E-state index in [1.54, 1.807) is 30.3 Å². The molecule has 1 aliphatic heterocycles. The summed E-state index contributed by atoms with van der Waals surface area (Å²) >= 11 is 8.16. The summed E-state index contributed by atoms with van der Waals surface area (Å²) in [7, 11) is 0. The van der Waals surface area contributed by atoms with Crippen molar-refractivity contribution in [2.24, 2.45) is 0 Å². The third kappa shape index (κ3) is 4.00. The van der Waals surface area contributed by atoms with Crippen LogP contribution in [-0.4, -0.2) is 22.9 Å². The van der Waals surface area contributed by atoms with E-state index in [9.17, 15) is 14.4 Å². The van der Waals surface area contributed by atoms with Gasteiger partial charge in [0.15, 0.2) is 5.11 Å². The maximum Gasteiger partial charge on any atom is 0.344 e. The standard InChI is InChI=1S/C22H13BrN2O4S/c23-14-8-9-18(13(10-14)11-17-19(26)24-22(30)25-20(17)27)29-21(28)16-7-3-5-12-4-1-2-6-15(12)16/h1-11H,(H2,24,25,26,27,30). The number of esters is 1. The third-order valence-electron chi connectivity index (χ3n) is 4.43. The SMILES string of the molecule is O=C1NC(=S)NC(=O)C1=Cc1cc(Br)ccc1OC(=O)c1cccc2ccccc12. The molecular weight excluding hydrogens is 468 g/mol. The first-order valence-corrected chi connectivity index (χ1v) is 10.0. The summed E-state index contributed by atoms with van der Waals surface area (Å²) in [5, 5.41) is 6.37. The second-order valence-corrected chi connectivity index (χ2v) is 7.72. The van der Waals surface area contributed by atoms with Crippen molar-refractivity contribution >= 4 is 67.9 Å². The minimum absolute atomic E-state index is 0.0565. The number of nitrogens with one attached hydrogen (secondary N) is 2. The number of fused-ring (bicyclic) bond motifs is 1. The maximum absolute atomic E-state index is 12.9. The van der Waals surface area contributed by atoms with Crippen molar-refractivity contribution in [1.29, 1.82) is 0 Å². The molecule has 30 heavy (non-hydrogen) atoms. The van der Waals surface area contributed by atoms with E-state index in [1.807, 2.05) is 30.3 Å². The van der Waals surface area contributed by atoms with Gasteiger partial charge in [-0.25, -0.2) is 4.79 Å². The number of amides is 2. The zero-order valence-corrected chi connectivity index (χ0v) is 17.7. The zero-order chi connectivity index (χ0) is 21.3. The molecule has 3 aromatic carbocycles. The summed E-state index contributed by atoms with van der Waals surface area (Å²) in [6.07, 6.45) is 1.35. The lowest BCUT2D eigenvalue weighted by Gasteiger charge is -2.17. The van der Waals surface area contributed by atoms with E-state index in [2.05, 4.69) is 26.6 Å². The van der Waals surface area contributed by atoms with Crippen LogP contribution in [0.15, 0.2) is 70.7 Å². The fourth-order valence-electron chi connectivity index (χ4n) is 3.05. The van der Waals surface area contributed by atoms with Crippen molar-refractivity contribution < 1.29 is 19.1 Å². The van der Waals surface area contributed by atoms with Crippen LogP contribution < -0.4 is 15.4 Å². The van der Waals surface area contributed by atoms with Crippen LogP contribution in [0.1, 0.15) is 15.9 Å². The Balaban J connectivity index is 1.71. The van der Waals surface area contributed by atoms with Gasteiger partial charge in [0.25, 0.3) is 11.8 Å². The predicted molar refractivity (Wildman–Crippen MR) is 120 cm³/mol. The third-order valence-corrected chi connectivity index (χ3v) is 5.12. The summed E-state index contributed by atoms with van der Waals surface area (Å²) in [5.41, 5.74) is 0.642. The van der Waals surface area contributed by atoms with Crippen LogP contribution >= 0.6 is 28.1 Å². The first-order chi connectivity index (χ1) is 14.4. The van der Waals surface area contributed by atoms with Crippen molar-refractivity contribution in [3.05, 3.63) is 81.8 Å². The molecule has 4 rings (SSSR count). The first kappa shape index (κ1) is 19.9. The van der Waals surface area contributed by atoms with Crippen molar-refractivity contribution in [1.82, 2.24) is 10.6 Å². The molecule has 1 fully saturated rings. The Morgan fingerprint density at radius 3 is 2.43 bits per heavy atom. The Morgan fingerprint density at radius 2 is 1.67 bits per heavy atom. The Hall–Kier alpha value is -3.36. The molecule has 1 aliphatic rings. The minimum atomic E-state index is -0.630. The number of hydrogen-bond acceptors (Lipinski definition) is 5. The highest BCUT2D eigenvalue weighted by Gasteiger charge is 2.26. The number of hydrogen-bond donors (Lipinski definition) is 2. The molecule has 0 radical (unpaired) electrons. The average Bonchev–Trinajstić information content (AvgIpc) is 2.72. The highest BCUT2D eigenvalue weighted by molar-refractivity contribution is 9.10. The van der Waals surface area contributed by atoms with Gasteiger partial charge in [-0.1, -0.05) is 52.3 Å². The zero-order valence-electron chi connectivity index (χ0n) is 15.3. The lowest BCUT2D eigenvalue weighted by Crippen LogP contribution is -2.51. The van der Waals surface area contributed by atoms with Gasteiger partial charge in [-0.3, -0.25) is 20.2 Å². The molecule has 2 N–H and O–H groups in total. The number of carbonyl (C=O) groups excluding carboxylic acids is 3. The van der Waals surface area contributed by atoms with Gasteiger partial charge >= 0.3 is 5.97 Å². The molecule has 0 atom stereocenters. The molecule has 0 unspecified atom stereocenters. The predicted octanol–water partition coefficient (Wildman–Crippen LogP) is 3.74. The van der Waals surface area contributed by atoms with E-state index in [1.165, 1.54) is 6.08 Å². The van der Waals surface area contributed by atoms with Crippen molar-refractivity contribution in [3.8, 4) is 5.75 Å². The summed E-state index contributed by atoms with van der Waals surface area (Å²) in [4.78, 5) is 37.2. The molecular formula is C22H13BrN2O4S. The molecule has 1 saturated heterocycles. The van der Waals surface area contributed by atoms with Gasteiger partial charge in [0.2, 0.25) is 0 Å². The van der Waals surface area contributed by atoms with Crippen LogP contribution in [0.25, 0.3) is 16.8 Å². The number of benzene rings is 3. The largest absolute Gasteiger partial charge is 0.422 e. The summed E-state index contributed by atoms with van der Waals surface area (Å²) in [6, 6.07) is 17.8. The van der Waals surface area contributed by atoms with Crippen molar-refractivity contribution in [3.63, 3.8) is 0 Å². The highest BCUT2D eigenvalue weighted by Crippen LogP contribution is 2.28. The van der Waals surface area contributed by atoms with Gasteiger partial charge in [-0.15, -0.1) is 0 Å². The Bertz CT molecular complexity index is 1240. The van der Waals surface area contributed by atoms with Crippen molar-refractivity contribution in [2.45, 2.75) is 0 Å². The lowest BCUT2D eigenvalue weighted by molar-refractivity contribution is -0.123. The molecule has 6 nitrogen and oxygen atoms in total. The smallest absolute Gasteiger partial charge is 0.344 e. The first-order valence-electron chi connectivity index (χ1n) is 8.80. The quantitative estimate of drug-likeness (QED) is 0.196. The van der Waals surface area contributed by atoms with Crippen LogP contribution in [0.4, 0.5) is 0 Å². The summed E-state index contributed by atoms with van der Waals surface area (Å²) in [5.74, 6) is -1.60. The Labute approximate surface area is 185 Å².